The molecule has 0 aliphatic heterocycles. The summed E-state index contributed by atoms with van der Waals surface area (Å²) in [7, 11) is 0. The quantitative estimate of drug-likeness (QED) is 0.799. The van der Waals surface area contributed by atoms with Crippen molar-refractivity contribution in [1.82, 2.24) is 10.3 Å². The third-order valence-corrected chi connectivity index (χ3v) is 3.89. The Bertz CT molecular complexity index is 629. The first-order valence-corrected chi connectivity index (χ1v) is 8.68. The number of nitrogens with one attached hydrogen (secondary N) is 1. The van der Waals surface area contributed by atoms with Gasteiger partial charge in [-0.2, -0.15) is 0 Å². The molecule has 0 saturated carbocycles. The van der Waals surface area contributed by atoms with E-state index in [1.807, 2.05) is 36.4 Å². The van der Waals surface area contributed by atoms with Gasteiger partial charge >= 0.3 is 0 Å². The second kappa shape index (κ2) is 9.06. The molecular weight excluding hydrogens is 298 g/mol. The van der Waals surface area contributed by atoms with Gasteiger partial charge in [-0.1, -0.05) is 43.7 Å². The fourth-order valence-electron chi connectivity index (χ4n) is 2.58. The van der Waals surface area contributed by atoms with Crippen LogP contribution in [0.3, 0.4) is 0 Å². The van der Waals surface area contributed by atoms with Crippen molar-refractivity contribution in [2.75, 3.05) is 18.0 Å². The largest absolute Gasteiger partial charge is 0.357 e. The van der Waals surface area contributed by atoms with Gasteiger partial charge in [-0.05, 0) is 37.5 Å². The van der Waals surface area contributed by atoms with Crippen molar-refractivity contribution in [2.45, 2.75) is 40.2 Å². The Labute approximate surface area is 144 Å². The first kappa shape index (κ1) is 18.0. The average molecular weight is 325 g/mol. The van der Waals surface area contributed by atoms with Gasteiger partial charge in [0.25, 0.3) is 5.91 Å². The number of carbonyl (C=O) groups excluding carboxylic acids is 1. The monoisotopic (exact) mass is 325 g/mol. The first-order valence-electron chi connectivity index (χ1n) is 8.68. The normalized spacial score (nSPS) is 10.5. The highest BCUT2D eigenvalue weighted by Gasteiger charge is 2.09. The van der Waals surface area contributed by atoms with E-state index in [4.69, 9.17) is 0 Å². The number of hydrogen-bond acceptors (Lipinski definition) is 3. The molecule has 0 atom stereocenters. The van der Waals surface area contributed by atoms with Crippen LogP contribution >= 0.6 is 0 Å². The summed E-state index contributed by atoms with van der Waals surface area (Å²) in [5, 5.41) is 2.94. The maximum absolute atomic E-state index is 12.3. The molecule has 1 amide bonds. The number of benzene rings is 1. The van der Waals surface area contributed by atoms with Crippen LogP contribution in [0.2, 0.25) is 0 Å². The molecule has 24 heavy (non-hydrogen) atoms. The third kappa shape index (κ3) is 5.08. The molecule has 2 aromatic rings. The fraction of sp³-hybridized carbons (Fsp3) is 0.400. The lowest BCUT2D eigenvalue weighted by molar-refractivity contribution is 0.0950. The SMILES string of the molecule is CCCN(CCC)c1ccc(C(=O)NCc2ccc(C)cc2)cn1. The summed E-state index contributed by atoms with van der Waals surface area (Å²) in [4.78, 5) is 19.0. The van der Waals surface area contributed by atoms with Gasteiger partial charge in [-0.25, -0.2) is 4.98 Å². The van der Waals surface area contributed by atoms with Gasteiger partial charge in [0.1, 0.15) is 5.82 Å². The van der Waals surface area contributed by atoms with E-state index in [1.165, 1.54) is 5.56 Å². The maximum atomic E-state index is 12.3. The van der Waals surface area contributed by atoms with Crippen LogP contribution in [0.4, 0.5) is 5.82 Å². The fourth-order valence-corrected chi connectivity index (χ4v) is 2.58. The molecule has 1 aromatic carbocycles. The molecule has 0 spiro atoms. The van der Waals surface area contributed by atoms with Crippen LogP contribution in [0.25, 0.3) is 0 Å². The number of anilines is 1. The Balaban J connectivity index is 1.96. The Hall–Kier alpha value is -2.36. The second-order valence-electron chi connectivity index (χ2n) is 6.06. The highest BCUT2D eigenvalue weighted by Crippen LogP contribution is 2.13. The minimum absolute atomic E-state index is 0.0906. The van der Waals surface area contributed by atoms with Crippen LogP contribution in [0.1, 0.15) is 48.2 Å². The summed E-state index contributed by atoms with van der Waals surface area (Å²) in [5.74, 6) is 0.848. The zero-order valence-electron chi connectivity index (χ0n) is 14.9. The molecule has 0 bridgehead atoms. The molecule has 0 saturated heterocycles. The van der Waals surface area contributed by atoms with E-state index >= 15 is 0 Å². The maximum Gasteiger partial charge on any atom is 0.253 e. The van der Waals surface area contributed by atoms with E-state index < -0.39 is 0 Å². The van der Waals surface area contributed by atoms with E-state index in [1.54, 1.807) is 6.20 Å². The predicted molar refractivity (Wildman–Crippen MR) is 99.4 cm³/mol. The molecule has 0 aliphatic rings. The molecule has 1 aromatic heterocycles. The van der Waals surface area contributed by atoms with Gasteiger partial charge in [0.15, 0.2) is 0 Å². The van der Waals surface area contributed by atoms with Gasteiger partial charge in [0, 0.05) is 25.8 Å². The van der Waals surface area contributed by atoms with Crippen LogP contribution in [0, 0.1) is 6.92 Å². The van der Waals surface area contributed by atoms with Crippen molar-refractivity contribution in [1.29, 1.82) is 0 Å². The van der Waals surface area contributed by atoms with Crippen molar-refractivity contribution in [3.63, 3.8) is 0 Å². The van der Waals surface area contributed by atoms with E-state index in [-0.39, 0.29) is 5.91 Å². The molecule has 0 radical (unpaired) electrons. The Kier molecular flexibility index (Phi) is 6.79. The van der Waals surface area contributed by atoms with Crippen LogP contribution in [0.5, 0.6) is 0 Å². The van der Waals surface area contributed by atoms with Gasteiger partial charge in [0.05, 0.1) is 5.56 Å². The molecule has 0 fully saturated rings. The smallest absolute Gasteiger partial charge is 0.253 e. The molecule has 0 unspecified atom stereocenters. The number of rotatable bonds is 8. The number of hydrogen-bond donors (Lipinski definition) is 1. The average Bonchev–Trinajstić information content (AvgIpc) is 2.61. The first-order chi connectivity index (χ1) is 11.6. The molecule has 4 nitrogen and oxygen atoms in total. The Morgan fingerprint density at radius 3 is 2.25 bits per heavy atom. The number of pyridine rings is 1. The molecule has 0 aliphatic carbocycles. The van der Waals surface area contributed by atoms with Crippen molar-refractivity contribution >= 4 is 11.7 Å². The molecule has 2 rings (SSSR count). The summed E-state index contributed by atoms with van der Waals surface area (Å²) < 4.78 is 0. The lowest BCUT2D eigenvalue weighted by Crippen LogP contribution is -2.26. The predicted octanol–water partition coefficient (Wildman–Crippen LogP) is 3.95. The minimum atomic E-state index is -0.0906. The lowest BCUT2D eigenvalue weighted by Gasteiger charge is -2.22. The van der Waals surface area contributed by atoms with Gasteiger partial charge in [-0.15, -0.1) is 0 Å². The summed E-state index contributed by atoms with van der Waals surface area (Å²) in [6, 6.07) is 12.0. The molecule has 128 valence electrons. The van der Waals surface area contributed by atoms with Crippen LogP contribution in [-0.4, -0.2) is 24.0 Å². The van der Waals surface area contributed by atoms with Crippen molar-refractivity contribution < 1.29 is 4.79 Å². The lowest BCUT2D eigenvalue weighted by atomic mass is 10.1. The highest BCUT2D eigenvalue weighted by molar-refractivity contribution is 5.94. The van der Waals surface area contributed by atoms with Crippen molar-refractivity contribution in [3.8, 4) is 0 Å². The number of aryl methyl sites for hydroxylation is 1. The molecule has 1 heterocycles. The number of amides is 1. The summed E-state index contributed by atoms with van der Waals surface area (Å²) in [6.45, 7) is 8.87. The number of aromatic nitrogens is 1. The van der Waals surface area contributed by atoms with Gasteiger partial charge in [0.2, 0.25) is 0 Å². The van der Waals surface area contributed by atoms with Crippen LogP contribution in [-0.2, 0) is 6.54 Å². The third-order valence-electron chi connectivity index (χ3n) is 3.89. The van der Waals surface area contributed by atoms with Crippen molar-refractivity contribution in [2.24, 2.45) is 0 Å². The molecular formula is C20H27N3O. The van der Waals surface area contributed by atoms with Crippen molar-refractivity contribution in [3.05, 3.63) is 59.3 Å². The molecule has 4 heteroatoms. The Morgan fingerprint density at radius 2 is 1.71 bits per heavy atom. The minimum Gasteiger partial charge on any atom is -0.357 e. The van der Waals surface area contributed by atoms with E-state index in [0.717, 1.165) is 37.3 Å². The topological polar surface area (TPSA) is 45.2 Å². The number of nitrogens with zero attached hydrogens (tertiary/aromatic N) is 2. The summed E-state index contributed by atoms with van der Waals surface area (Å²) >= 11 is 0. The summed E-state index contributed by atoms with van der Waals surface area (Å²) in [6.07, 6.45) is 3.83. The van der Waals surface area contributed by atoms with Gasteiger partial charge < -0.3 is 10.2 Å². The molecule has 1 N–H and O–H groups in total. The highest BCUT2D eigenvalue weighted by atomic mass is 16.1. The van der Waals surface area contributed by atoms with Gasteiger partial charge in [-0.3, -0.25) is 4.79 Å². The zero-order valence-corrected chi connectivity index (χ0v) is 14.9. The zero-order chi connectivity index (χ0) is 17.4. The van der Waals surface area contributed by atoms with Crippen LogP contribution in [0.15, 0.2) is 42.6 Å². The standard InChI is InChI=1S/C20H27N3O/c1-4-12-23(13-5-2)19-11-10-18(15-21-19)20(24)22-14-17-8-6-16(3)7-9-17/h6-11,15H,4-5,12-14H2,1-3H3,(H,22,24). The Morgan fingerprint density at radius 1 is 1.04 bits per heavy atom. The van der Waals surface area contributed by atoms with E-state index in [2.05, 4.69) is 36.0 Å². The number of carbonyl (C=O) groups is 1. The summed E-state index contributed by atoms with van der Waals surface area (Å²) in [5.41, 5.74) is 2.91. The van der Waals surface area contributed by atoms with E-state index in [0.29, 0.717) is 12.1 Å². The van der Waals surface area contributed by atoms with Crippen LogP contribution < -0.4 is 10.2 Å². The second-order valence-corrected chi connectivity index (χ2v) is 6.06. The van der Waals surface area contributed by atoms with E-state index in [9.17, 15) is 4.79 Å².